The molecular weight excluding hydrogens is 346 g/mol. The molecule has 0 saturated heterocycles. The van der Waals surface area contributed by atoms with Gasteiger partial charge in [0.2, 0.25) is 0 Å². The summed E-state index contributed by atoms with van der Waals surface area (Å²) in [5, 5.41) is 0. The summed E-state index contributed by atoms with van der Waals surface area (Å²) in [5.74, 6) is -0.0785. The molecule has 2 saturated carbocycles. The van der Waals surface area contributed by atoms with Gasteiger partial charge in [0.1, 0.15) is 5.52 Å². The molecule has 1 N–H and O–H groups in total. The number of aromatic nitrogens is 4. The molecule has 2 heterocycles. The molecule has 0 radical (unpaired) electrons. The van der Waals surface area contributed by atoms with Crippen molar-refractivity contribution in [1.82, 2.24) is 19.1 Å². The molecule has 7 nitrogen and oxygen atoms in total. The number of nitrogens with zero attached hydrogens (tertiary/aromatic N) is 3. The van der Waals surface area contributed by atoms with E-state index in [1.165, 1.54) is 37.3 Å². The van der Waals surface area contributed by atoms with Gasteiger partial charge in [-0.05, 0) is 49.9 Å². The van der Waals surface area contributed by atoms with Gasteiger partial charge in [-0.3, -0.25) is 18.7 Å². The Morgan fingerprint density at radius 1 is 1.27 bits per heavy atom. The summed E-state index contributed by atoms with van der Waals surface area (Å²) in [6.45, 7) is 0.261. The Bertz CT molecular complexity index is 1040. The molecule has 0 bridgehead atoms. The van der Waals surface area contributed by atoms with Crippen LogP contribution in [0.2, 0.25) is 0 Å². The molecule has 140 valence electrons. The fourth-order valence-corrected chi connectivity index (χ4v) is 4.03. The van der Waals surface area contributed by atoms with Crippen molar-refractivity contribution in [2.75, 3.05) is 0 Å². The van der Waals surface area contributed by atoms with Gasteiger partial charge >= 0.3 is 5.69 Å². The van der Waals surface area contributed by atoms with E-state index in [4.69, 9.17) is 0 Å². The minimum absolute atomic E-state index is 0.223. The second kappa shape index (κ2) is 5.85. The Kier molecular flexibility index (Phi) is 3.85. The molecule has 2 aromatic rings. The lowest BCUT2D eigenvalue weighted by atomic mass is 9.94. The average molecular weight is 366 g/mol. The zero-order chi connectivity index (χ0) is 18.6. The lowest BCUT2D eigenvalue weighted by Gasteiger charge is -2.15. The van der Waals surface area contributed by atoms with Gasteiger partial charge in [0.05, 0.1) is 0 Å². The zero-order valence-electron chi connectivity index (χ0n) is 14.4. The molecule has 0 spiro atoms. The number of fused-ring (bicyclic) bond motifs is 1. The highest BCUT2D eigenvalue weighted by atomic mass is 19.3. The van der Waals surface area contributed by atoms with E-state index in [0.29, 0.717) is 11.8 Å². The van der Waals surface area contributed by atoms with Gasteiger partial charge in [0.15, 0.2) is 11.3 Å². The molecule has 0 aromatic carbocycles. The van der Waals surface area contributed by atoms with Gasteiger partial charge in [0, 0.05) is 13.6 Å². The lowest BCUT2D eigenvalue weighted by molar-refractivity contribution is 0.140. The van der Waals surface area contributed by atoms with Crippen molar-refractivity contribution in [1.29, 1.82) is 0 Å². The lowest BCUT2D eigenvalue weighted by Crippen LogP contribution is -2.41. The number of alkyl halides is 2. The first-order chi connectivity index (χ1) is 12.3. The van der Waals surface area contributed by atoms with E-state index in [1.807, 2.05) is 4.98 Å². The van der Waals surface area contributed by atoms with E-state index in [2.05, 4.69) is 4.98 Å². The summed E-state index contributed by atoms with van der Waals surface area (Å²) in [6, 6.07) is 0. The first-order valence-corrected chi connectivity index (χ1v) is 8.86. The third-order valence-corrected chi connectivity index (χ3v) is 5.81. The summed E-state index contributed by atoms with van der Waals surface area (Å²) >= 11 is 0. The van der Waals surface area contributed by atoms with Crippen LogP contribution < -0.4 is 16.8 Å². The highest BCUT2D eigenvalue weighted by Gasteiger charge is 2.52. The Balaban J connectivity index is 1.74. The monoisotopic (exact) mass is 366 g/mol. The van der Waals surface area contributed by atoms with Crippen molar-refractivity contribution in [3.8, 4) is 0 Å². The number of aryl methyl sites for hydroxylation is 1. The van der Waals surface area contributed by atoms with Crippen LogP contribution in [0.5, 0.6) is 0 Å². The number of halogens is 2. The average Bonchev–Trinajstić information content (AvgIpc) is 3.48. The fourth-order valence-electron chi connectivity index (χ4n) is 4.03. The van der Waals surface area contributed by atoms with Crippen LogP contribution in [0.1, 0.15) is 50.8 Å². The number of rotatable bonds is 6. The van der Waals surface area contributed by atoms with Gasteiger partial charge in [-0.25, -0.2) is 18.6 Å². The molecule has 0 atom stereocenters. The Labute approximate surface area is 146 Å². The summed E-state index contributed by atoms with van der Waals surface area (Å²) in [6.07, 6.45) is 3.60. The summed E-state index contributed by atoms with van der Waals surface area (Å²) < 4.78 is 27.8. The molecular formula is C17H20F2N4O3. The molecule has 9 heteroatoms. The van der Waals surface area contributed by atoms with Crippen molar-refractivity contribution in [2.45, 2.75) is 51.5 Å². The van der Waals surface area contributed by atoms with Gasteiger partial charge in [-0.1, -0.05) is 0 Å². The molecule has 2 fully saturated rings. The number of hydrogen-bond acceptors (Lipinski definition) is 4. The number of nitrogens with one attached hydrogen (secondary N) is 1. The predicted molar refractivity (Wildman–Crippen MR) is 90.4 cm³/mol. The van der Waals surface area contributed by atoms with Crippen molar-refractivity contribution < 1.29 is 8.78 Å². The van der Waals surface area contributed by atoms with E-state index in [0.717, 1.165) is 16.9 Å². The van der Waals surface area contributed by atoms with Crippen molar-refractivity contribution in [3.63, 3.8) is 0 Å². The predicted octanol–water partition coefficient (Wildman–Crippen LogP) is 1.69. The number of aromatic amines is 1. The summed E-state index contributed by atoms with van der Waals surface area (Å²) in [4.78, 5) is 42.6. The van der Waals surface area contributed by atoms with Crippen LogP contribution in [0.25, 0.3) is 11.0 Å². The molecule has 0 unspecified atom stereocenters. The van der Waals surface area contributed by atoms with Crippen LogP contribution in [-0.2, 0) is 13.6 Å². The van der Waals surface area contributed by atoms with Gasteiger partial charge < -0.3 is 4.98 Å². The SMILES string of the molecule is Cn1c(=O)c2nc(C(F)F)[nH]c(=O)c2n(CCCC2(C3CC3)CC2)c1=O. The third kappa shape index (κ3) is 2.69. The molecule has 4 rings (SSSR count). The van der Waals surface area contributed by atoms with Crippen LogP contribution in [0.4, 0.5) is 8.78 Å². The first-order valence-electron chi connectivity index (χ1n) is 8.86. The number of hydrogen-bond donors (Lipinski definition) is 1. The van der Waals surface area contributed by atoms with Crippen LogP contribution in [0.3, 0.4) is 0 Å². The maximum absolute atomic E-state index is 12.9. The summed E-state index contributed by atoms with van der Waals surface area (Å²) in [7, 11) is 1.26. The minimum atomic E-state index is -3.01. The molecule has 2 aromatic heterocycles. The standard InChI is InChI=1S/C17H20F2N4O3/c1-22-15(25)10-11(14(24)21-13(20-10)12(18)19)23(16(22)26)8-2-5-17(6-7-17)9-3-4-9/h9,12H,2-8H2,1H3,(H,20,21,24). The Morgan fingerprint density at radius 3 is 2.54 bits per heavy atom. The van der Waals surface area contributed by atoms with Crippen LogP contribution in [0, 0.1) is 11.3 Å². The highest BCUT2D eigenvalue weighted by molar-refractivity contribution is 5.72. The second-order valence-electron chi connectivity index (χ2n) is 7.49. The van der Waals surface area contributed by atoms with E-state index in [1.54, 1.807) is 0 Å². The Hall–Kier alpha value is -2.32. The normalized spacial score (nSPS) is 18.6. The highest BCUT2D eigenvalue weighted by Crippen LogP contribution is 2.63. The second-order valence-corrected chi connectivity index (χ2v) is 7.49. The molecule has 0 amide bonds. The maximum Gasteiger partial charge on any atom is 0.331 e. The molecule has 26 heavy (non-hydrogen) atoms. The van der Waals surface area contributed by atoms with E-state index in [-0.39, 0.29) is 12.1 Å². The van der Waals surface area contributed by atoms with Crippen LogP contribution >= 0.6 is 0 Å². The largest absolute Gasteiger partial charge is 0.331 e. The summed E-state index contributed by atoms with van der Waals surface area (Å²) in [5.41, 5.74) is -2.58. The third-order valence-electron chi connectivity index (χ3n) is 5.81. The van der Waals surface area contributed by atoms with E-state index >= 15 is 0 Å². The molecule has 0 aliphatic heterocycles. The van der Waals surface area contributed by atoms with E-state index in [9.17, 15) is 23.2 Å². The fraction of sp³-hybridized carbons (Fsp3) is 0.647. The maximum atomic E-state index is 12.9. The molecule has 2 aliphatic rings. The van der Waals surface area contributed by atoms with Gasteiger partial charge in [-0.15, -0.1) is 0 Å². The van der Waals surface area contributed by atoms with Crippen molar-refractivity contribution in [3.05, 3.63) is 37.0 Å². The minimum Gasteiger partial charge on any atom is -0.304 e. The number of H-pyrrole nitrogens is 1. The smallest absolute Gasteiger partial charge is 0.304 e. The van der Waals surface area contributed by atoms with Gasteiger partial charge in [-0.2, -0.15) is 0 Å². The van der Waals surface area contributed by atoms with E-state index < -0.39 is 34.6 Å². The van der Waals surface area contributed by atoms with Crippen LogP contribution in [0.15, 0.2) is 14.4 Å². The molecule has 2 aliphatic carbocycles. The zero-order valence-corrected chi connectivity index (χ0v) is 14.4. The van der Waals surface area contributed by atoms with Crippen LogP contribution in [-0.4, -0.2) is 19.1 Å². The van der Waals surface area contributed by atoms with Gasteiger partial charge in [0.25, 0.3) is 17.5 Å². The quantitative estimate of drug-likeness (QED) is 0.842. The first kappa shape index (κ1) is 17.1. The van der Waals surface area contributed by atoms with Crippen molar-refractivity contribution >= 4 is 11.0 Å². The Morgan fingerprint density at radius 2 is 1.96 bits per heavy atom. The van der Waals surface area contributed by atoms with Crippen molar-refractivity contribution in [2.24, 2.45) is 18.4 Å². The topological polar surface area (TPSA) is 89.8 Å².